The van der Waals surface area contributed by atoms with Crippen molar-refractivity contribution in [2.75, 3.05) is 19.7 Å². The SMILES string of the molecule is O=C(Cc1ccccn1)N1CCCC(CCO)C1. The topological polar surface area (TPSA) is 53.4 Å². The van der Waals surface area contributed by atoms with Crippen LogP contribution in [0.5, 0.6) is 0 Å². The molecule has 0 saturated carbocycles. The number of pyridine rings is 1. The van der Waals surface area contributed by atoms with Crippen LogP contribution in [0.15, 0.2) is 24.4 Å². The van der Waals surface area contributed by atoms with Crippen molar-refractivity contribution < 1.29 is 9.90 Å². The van der Waals surface area contributed by atoms with Crippen molar-refractivity contribution in [2.24, 2.45) is 5.92 Å². The second-order valence-electron chi connectivity index (χ2n) is 4.86. The molecule has 1 aliphatic rings. The van der Waals surface area contributed by atoms with Gasteiger partial charge in [0.05, 0.1) is 6.42 Å². The van der Waals surface area contributed by atoms with E-state index in [1.54, 1.807) is 6.20 Å². The van der Waals surface area contributed by atoms with Gasteiger partial charge < -0.3 is 10.0 Å². The van der Waals surface area contributed by atoms with E-state index in [9.17, 15) is 4.79 Å². The van der Waals surface area contributed by atoms with Crippen LogP contribution < -0.4 is 0 Å². The van der Waals surface area contributed by atoms with Gasteiger partial charge in [-0.3, -0.25) is 9.78 Å². The number of piperidine rings is 1. The summed E-state index contributed by atoms with van der Waals surface area (Å²) in [5, 5.41) is 8.97. The quantitative estimate of drug-likeness (QED) is 0.872. The molecule has 1 unspecified atom stereocenters. The molecular weight excluding hydrogens is 228 g/mol. The molecule has 0 spiro atoms. The third-order valence-corrected chi connectivity index (χ3v) is 3.47. The second-order valence-corrected chi connectivity index (χ2v) is 4.86. The van der Waals surface area contributed by atoms with Crippen LogP contribution >= 0.6 is 0 Å². The third kappa shape index (κ3) is 3.53. The summed E-state index contributed by atoms with van der Waals surface area (Å²) < 4.78 is 0. The van der Waals surface area contributed by atoms with Crippen molar-refractivity contribution in [3.63, 3.8) is 0 Å². The summed E-state index contributed by atoms with van der Waals surface area (Å²) in [6.45, 7) is 1.84. The molecule has 0 aliphatic carbocycles. The lowest BCUT2D eigenvalue weighted by molar-refractivity contribution is -0.132. The van der Waals surface area contributed by atoms with E-state index in [0.717, 1.165) is 38.0 Å². The minimum atomic E-state index is 0.149. The highest BCUT2D eigenvalue weighted by molar-refractivity contribution is 5.78. The molecule has 2 rings (SSSR count). The first kappa shape index (κ1) is 13.0. The monoisotopic (exact) mass is 248 g/mol. The van der Waals surface area contributed by atoms with Crippen LogP contribution in [0.3, 0.4) is 0 Å². The molecule has 1 aromatic rings. The lowest BCUT2D eigenvalue weighted by atomic mass is 9.95. The maximum Gasteiger partial charge on any atom is 0.228 e. The maximum atomic E-state index is 12.1. The molecule has 98 valence electrons. The zero-order valence-electron chi connectivity index (χ0n) is 10.6. The molecule has 1 N–H and O–H groups in total. The summed E-state index contributed by atoms with van der Waals surface area (Å²) in [7, 11) is 0. The number of amides is 1. The first-order chi connectivity index (χ1) is 8.79. The van der Waals surface area contributed by atoms with Crippen molar-refractivity contribution >= 4 is 5.91 Å². The minimum Gasteiger partial charge on any atom is -0.396 e. The Hall–Kier alpha value is -1.42. The van der Waals surface area contributed by atoms with Gasteiger partial charge in [-0.25, -0.2) is 0 Å². The fourth-order valence-electron chi connectivity index (χ4n) is 2.48. The molecular formula is C14H20N2O2. The van der Waals surface area contributed by atoms with Crippen LogP contribution in [0.1, 0.15) is 25.0 Å². The van der Waals surface area contributed by atoms with Gasteiger partial charge in [-0.05, 0) is 37.3 Å². The van der Waals surface area contributed by atoms with E-state index >= 15 is 0 Å². The van der Waals surface area contributed by atoms with Gasteiger partial charge in [0.2, 0.25) is 5.91 Å². The Morgan fingerprint density at radius 1 is 1.50 bits per heavy atom. The van der Waals surface area contributed by atoms with Crippen molar-refractivity contribution in [3.8, 4) is 0 Å². The normalized spacial score (nSPS) is 19.8. The highest BCUT2D eigenvalue weighted by Gasteiger charge is 2.23. The van der Waals surface area contributed by atoms with Gasteiger partial charge in [0, 0.05) is 31.6 Å². The van der Waals surface area contributed by atoms with Gasteiger partial charge >= 0.3 is 0 Å². The number of aliphatic hydroxyl groups is 1. The molecule has 4 nitrogen and oxygen atoms in total. The zero-order chi connectivity index (χ0) is 12.8. The van der Waals surface area contributed by atoms with Gasteiger partial charge in [0.1, 0.15) is 0 Å². The Morgan fingerprint density at radius 3 is 3.11 bits per heavy atom. The Morgan fingerprint density at radius 2 is 2.39 bits per heavy atom. The number of likely N-dealkylation sites (tertiary alicyclic amines) is 1. The van der Waals surface area contributed by atoms with E-state index in [1.807, 2.05) is 23.1 Å². The Kier molecular flexibility index (Phi) is 4.70. The summed E-state index contributed by atoms with van der Waals surface area (Å²) in [4.78, 5) is 18.2. The molecule has 18 heavy (non-hydrogen) atoms. The van der Waals surface area contributed by atoms with E-state index in [-0.39, 0.29) is 12.5 Å². The van der Waals surface area contributed by atoms with E-state index in [4.69, 9.17) is 5.11 Å². The predicted octanol–water partition coefficient (Wildman–Crippen LogP) is 1.25. The maximum absolute atomic E-state index is 12.1. The van der Waals surface area contributed by atoms with Crippen LogP contribution in [0.2, 0.25) is 0 Å². The molecule has 1 aliphatic heterocycles. The Labute approximate surface area is 108 Å². The van der Waals surface area contributed by atoms with Gasteiger partial charge in [0.15, 0.2) is 0 Å². The van der Waals surface area contributed by atoms with E-state index in [2.05, 4.69) is 4.98 Å². The fourth-order valence-corrected chi connectivity index (χ4v) is 2.48. The van der Waals surface area contributed by atoms with Crippen molar-refractivity contribution in [2.45, 2.75) is 25.7 Å². The number of carbonyl (C=O) groups is 1. The van der Waals surface area contributed by atoms with Gasteiger partial charge in [-0.2, -0.15) is 0 Å². The van der Waals surface area contributed by atoms with Crippen LogP contribution in [0, 0.1) is 5.92 Å². The summed E-state index contributed by atoms with van der Waals surface area (Å²) in [6.07, 6.45) is 5.06. The Bertz CT molecular complexity index is 379. The predicted molar refractivity (Wildman–Crippen MR) is 68.9 cm³/mol. The van der Waals surface area contributed by atoms with Gasteiger partial charge in [-0.15, -0.1) is 0 Å². The average Bonchev–Trinajstić information content (AvgIpc) is 2.40. The van der Waals surface area contributed by atoms with Crippen LogP contribution in [0.4, 0.5) is 0 Å². The molecule has 0 aromatic carbocycles. The van der Waals surface area contributed by atoms with Crippen LogP contribution in [-0.4, -0.2) is 40.6 Å². The number of aliphatic hydroxyl groups excluding tert-OH is 1. The highest BCUT2D eigenvalue weighted by atomic mass is 16.3. The number of hydrogen-bond acceptors (Lipinski definition) is 3. The fraction of sp³-hybridized carbons (Fsp3) is 0.571. The van der Waals surface area contributed by atoms with Gasteiger partial charge in [-0.1, -0.05) is 6.07 Å². The Balaban J connectivity index is 1.88. The molecule has 4 heteroatoms. The third-order valence-electron chi connectivity index (χ3n) is 3.47. The smallest absolute Gasteiger partial charge is 0.228 e. The first-order valence-electron chi connectivity index (χ1n) is 6.58. The molecule has 1 saturated heterocycles. The molecule has 2 heterocycles. The lowest BCUT2D eigenvalue weighted by Gasteiger charge is -2.32. The van der Waals surface area contributed by atoms with Crippen LogP contribution in [0.25, 0.3) is 0 Å². The zero-order valence-corrected chi connectivity index (χ0v) is 10.6. The molecule has 0 radical (unpaired) electrons. The van der Waals surface area contributed by atoms with Gasteiger partial charge in [0.25, 0.3) is 0 Å². The van der Waals surface area contributed by atoms with E-state index in [0.29, 0.717) is 12.3 Å². The number of carbonyl (C=O) groups excluding carboxylic acids is 1. The molecule has 1 amide bonds. The van der Waals surface area contributed by atoms with Crippen molar-refractivity contribution in [1.82, 2.24) is 9.88 Å². The van der Waals surface area contributed by atoms with Crippen molar-refractivity contribution in [3.05, 3.63) is 30.1 Å². The molecule has 1 atom stereocenters. The standard InChI is InChI=1S/C14H20N2O2/c17-9-6-12-4-3-8-16(11-12)14(18)10-13-5-1-2-7-15-13/h1-2,5,7,12,17H,3-4,6,8-11H2. The van der Waals surface area contributed by atoms with E-state index in [1.165, 1.54) is 0 Å². The molecule has 0 bridgehead atoms. The summed E-state index contributed by atoms with van der Waals surface area (Å²) in [5.41, 5.74) is 0.826. The highest BCUT2D eigenvalue weighted by Crippen LogP contribution is 2.19. The summed E-state index contributed by atoms with van der Waals surface area (Å²) in [6, 6.07) is 5.64. The van der Waals surface area contributed by atoms with Crippen molar-refractivity contribution in [1.29, 1.82) is 0 Å². The largest absolute Gasteiger partial charge is 0.396 e. The molecule has 1 aromatic heterocycles. The second kappa shape index (κ2) is 6.50. The summed E-state index contributed by atoms with van der Waals surface area (Å²) >= 11 is 0. The average molecular weight is 248 g/mol. The first-order valence-corrected chi connectivity index (χ1v) is 6.58. The van der Waals surface area contributed by atoms with E-state index < -0.39 is 0 Å². The minimum absolute atomic E-state index is 0.149. The lowest BCUT2D eigenvalue weighted by Crippen LogP contribution is -2.41. The number of hydrogen-bond donors (Lipinski definition) is 1. The molecule has 1 fully saturated rings. The number of aromatic nitrogens is 1. The van der Waals surface area contributed by atoms with Crippen LogP contribution in [-0.2, 0) is 11.2 Å². The number of rotatable bonds is 4. The summed E-state index contributed by atoms with van der Waals surface area (Å²) in [5.74, 6) is 0.604. The number of nitrogens with zero attached hydrogens (tertiary/aromatic N) is 2.